The molecule has 2 saturated heterocycles. The zero-order chi connectivity index (χ0) is 17.4. The van der Waals surface area contributed by atoms with Gasteiger partial charge in [0.25, 0.3) is 5.91 Å². The smallest absolute Gasteiger partial charge is 0.270 e. The first-order valence-corrected chi connectivity index (χ1v) is 9.59. The molecule has 1 aromatic carbocycles. The minimum absolute atomic E-state index is 0.0185. The lowest BCUT2D eigenvalue weighted by atomic mass is 9.85. The maximum absolute atomic E-state index is 13.8. The van der Waals surface area contributed by atoms with Gasteiger partial charge in [0.05, 0.1) is 5.69 Å². The highest BCUT2D eigenvalue weighted by molar-refractivity contribution is 6.27. The first-order chi connectivity index (χ1) is 12.2. The summed E-state index contributed by atoms with van der Waals surface area (Å²) in [7, 11) is 1.82. The molecule has 2 fully saturated rings. The number of nitrogens with zero attached hydrogens (tertiary/aromatic N) is 3. The SMILES string of the molecule is CN1C(=O)C(N2CCCCC2)(N2CCCCC2)C(=O)c2ccccc21. The number of ketones is 1. The summed E-state index contributed by atoms with van der Waals surface area (Å²) in [4.78, 5) is 33.5. The van der Waals surface area contributed by atoms with Crippen LogP contribution in [-0.4, -0.2) is 60.4 Å². The Morgan fingerprint density at radius 1 is 0.800 bits per heavy atom. The van der Waals surface area contributed by atoms with E-state index in [0.717, 1.165) is 57.5 Å². The van der Waals surface area contributed by atoms with Crippen molar-refractivity contribution in [2.45, 2.75) is 44.2 Å². The summed E-state index contributed by atoms with van der Waals surface area (Å²) in [6.07, 6.45) is 6.59. The van der Waals surface area contributed by atoms with Gasteiger partial charge in [0.1, 0.15) is 0 Å². The van der Waals surface area contributed by atoms with Crippen LogP contribution >= 0.6 is 0 Å². The fraction of sp³-hybridized carbons (Fsp3) is 0.600. The highest BCUT2D eigenvalue weighted by atomic mass is 16.2. The third-order valence-corrected chi connectivity index (χ3v) is 6.06. The quantitative estimate of drug-likeness (QED) is 0.776. The van der Waals surface area contributed by atoms with Gasteiger partial charge in [-0.25, -0.2) is 0 Å². The average Bonchev–Trinajstić information content (AvgIpc) is 2.68. The number of anilines is 1. The Balaban J connectivity index is 1.87. The molecule has 3 aliphatic heterocycles. The fourth-order valence-corrected chi connectivity index (χ4v) is 4.78. The number of hydrogen-bond donors (Lipinski definition) is 0. The molecule has 0 unspecified atom stereocenters. The third-order valence-electron chi connectivity index (χ3n) is 6.06. The largest absolute Gasteiger partial charge is 0.312 e. The summed E-state index contributed by atoms with van der Waals surface area (Å²) in [6.45, 7) is 3.29. The molecule has 0 aromatic heterocycles. The summed E-state index contributed by atoms with van der Waals surface area (Å²) < 4.78 is 0. The van der Waals surface area contributed by atoms with Crippen molar-refractivity contribution >= 4 is 17.4 Å². The van der Waals surface area contributed by atoms with Crippen LogP contribution in [0.25, 0.3) is 0 Å². The van der Waals surface area contributed by atoms with Crippen LogP contribution in [0.5, 0.6) is 0 Å². The number of hydrogen-bond acceptors (Lipinski definition) is 4. The molecule has 0 spiro atoms. The third kappa shape index (κ3) is 2.44. The molecule has 5 heteroatoms. The van der Waals surface area contributed by atoms with Gasteiger partial charge in [-0.1, -0.05) is 25.0 Å². The zero-order valence-corrected chi connectivity index (χ0v) is 15.0. The number of carbonyl (C=O) groups is 2. The standard InChI is InChI=1S/C20H27N3O2/c1-21-17-11-5-4-10-16(17)18(24)20(19(21)25,22-12-6-2-7-13-22)23-14-8-3-9-15-23/h4-5,10-11H,2-3,6-9,12-15H2,1H3. The predicted octanol–water partition coefficient (Wildman–Crippen LogP) is 2.51. The molecule has 4 rings (SSSR count). The van der Waals surface area contributed by atoms with E-state index < -0.39 is 5.66 Å². The van der Waals surface area contributed by atoms with E-state index in [1.54, 1.807) is 4.90 Å². The molecule has 0 N–H and O–H groups in total. The van der Waals surface area contributed by atoms with Crippen LogP contribution in [0.3, 0.4) is 0 Å². The number of likely N-dealkylation sites (N-methyl/N-ethyl adjacent to an activating group) is 1. The summed E-state index contributed by atoms with van der Waals surface area (Å²) in [6, 6.07) is 7.55. The van der Waals surface area contributed by atoms with Crippen LogP contribution in [0.2, 0.25) is 0 Å². The lowest BCUT2D eigenvalue weighted by Gasteiger charge is -2.53. The summed E-state index contributed by atoms with van der Waals surface area (Å²) in [5, 5.41) is 0. The second-order valence-corrected chi connectivity index (χ2v) is 7.48. The van der Waals surface area contributed by atoms with Gasteiger partial charge >= 0.3 is 0 Å². The van der Waals surface area contributed by atoms with Gasteiger partial charge in [-0.15, -0.1) is 0 Å². The van der Waals surface area contributed by atoms with Crippen molar-refractivity contribution in [1.82, 2.24) is 9.80 Å². The molecule has 134 valence electrons. The molecule has 3 aliphatic rings. The van der Waals surface area contributed by atoms with Crippen molar-refractivity contribution in [3.8, 4) is 0 Å². The second-order valence-electron chi connectivity index (χ2n) is 7.48. The number of piperidine rings is 2. The molecule has 0 atom stereocenters. The highest BCUT2D eigenvalue weighted by Gasteiger charge is 2.59. The number of fused-ring (bicyclic) bond motifs is 1. The van der Waals surface area contributed by atoms with Crippen molar-refractivity contribution in [2.24, 2.45) is 0 Å². The molecular formula is C20H27N3O2. The van der Waals surface area contributed by atoms with Gasteiger partial charge in [-0.2, -0.15) is 0 Å². The van der Waals surface area contributed by atoms with Gasteiger partial charge in [0.2, 0.25) is 11.4 Å². The molecule has 0 saturated carbocycles. The lowest BCUT2D eigenvalue weighted by Crippen LogP contribution is -2.75. The Morgan fingerprint density at radius 3 is 1.88 bits per heavy atom. The van der Waals surface area contributed by atoms with Gasteiger partial charge in [0.15, 0.2) is 0 Å². The number of likely N-dealkylation sites (tertiary alicyclic amines) is 2. The first kappa shape index (κ1) is 16.7. The summed E-state index contributed by atoms with van der Waals surface area (Å²) in [5.74, 6) is -0.0880. The van der Waals surface area contributed by atoms with Crippen LogP contribution in [0.15, 0.2) is 24.3 Å². The Kier molecular flexibility index (Phi) is 4.38. The summed E-state index contributed by atoms with van der Waals surface area (Å²) >= 11 is 0. The number of Topliss-reactive ketones (excluding diaryl/α,β-unsaturated/α-hetero) is 1. The van der Waals surface area contributed by atoms with Gasteiger partial charge in [0, 0.05) is 38.8 Å². The van der Waals surface area contributed by atoms with Gasteiger partial charge < -0.3 is 4.90 Å². The number of para-hydroxylation sites is 1. The molecule has 3 heterocycles. The minimum atomic E-state index is -1.13. The van der Waals surface area contributed by atoms with E-state index in [1.165, 1.54) is 12.8 Å². The maximum Gasteiger partial charge on any atom is 0.270 e. The van der Waals surface area contributed by atoms with E-state index in [2.05, 4.69) is 9.80 Å². The van der Waals surface area contributed by atoms with Crippen molar-refractivity contribution in [3.05, 3.63) is 29.8 Å². The van der Waals surface area contributed by atoms with E-state index in [4.69, 9.17) is 0 Å². The lowest BCUT2D eigenvalue weighted by molar-refractivity contribution is -0.142. The predicted molar refractivity (Wildman–Crippen MR) is 97.8 cm³/mol. The van der Waals surface area contributed by atoms with E-state index in [9.17, 15) is 9.59 Å². The van der Waals surface area contributed by atoms with Gasteiger partial charge in [-0.05, 0) is 37.8 Å². The molecule has 0 bridgehead atoms. The van der Waals surface area contributed by atoms with E-state index >= 15 is 0 Å². The van der Waals surface area contributed by atoms with Crippen molar-refractivity contribution in [2.75, 3.05) is 38.1 Å². The Bertz CT molecular complexity index is 657. The molecule has 0 radical (unpaired) electrons. The highest BCUT2D eigenvalue weighted by Crippen LogP contribution is 2.39. The topological polar surface area (TPSA) is 43.9 Å². The normalized spacial score (nSPS) is 25.1. The van der Waals surface area contributed by atoms with Crippen LogP contribution < -0.4 is 4.90 Å². The molecular weight excluding hydrogens is 314 g/mol. The summed E-state index contributed by atoms with van der Waals surface area (Å²) in [5.41, 5.74) is 0.284. The molecule has 1 amide bonds. The molecule has 25 heavy (non-hydrogen) atoms. The Hall–Kier alpha value is -1.72. The van der Waals surface area contributed by atoms with Crippen LogP contribution in [0.1, 0.15) is 48.9 Å². The molecule has 5 nitrogen and oxygen atoms in total. The number of amides is 1. The van der Waals surface area contributed by atoms with Crippen molar-refractivity contribution < 1.29 is 9.59 Å². The Morgan fingerprint density at radius 2 is 1.32 bits per heavy atom. The molecule has 1 aromatic rings. The number of rotatable bonds is 2. The number of carbonyl (C=O) groups excluding carboxylic acids is 2. The Labute approximate surface area is 149 Å². The van der Waals surface area contributed by atoms with Crippen LogP contribution in [-0.2, 0) is 4.79 Å². The second kappa shape index (κ2) is 6.54. The first-order valence-electron chi connectivity index (χ1n) is 9.59. The van der Waals surface area contributed by atoms with E-state index in [-0.39, 0.29) is 11.7 Å². The van der Waals surface area contributed by atoms with Gasteiger partial charge in [-0.3, -0.25) is 19.4 Å². The van der Waals surface area contributed by atoms with Crippen LogP contribution in [0.4, 0.5) is 5.69 Å². The maximum atomic E-state index is 13.8. The van der Waals surface area contributed by atoms with Crippen LogP contribution in [0, 0.1) is 0 Å². The minimum Gasteiger partial charge on any atom is -0.312 e. The van der Waals surface area contributed by atoms with E-state index in [1.807, 2.05) is 31.3 Å². The van der Waals surface area contributed by atoms with E-state index in [0.29, 0.717) is 5.56 Å². The molecule has 0 aliphatic carbocycles. The zero-order valence-electron chi connectivity index (χ0n) is 15.0. The number of benzene rings is 1. The fourth-order valence-electron chi connectivity index (χ4n) is 4.78. The van der Waals surface area contributed by atoms with Crippen molar-refractivity contribution in [1.29, 1.82) is 0 Å². The average molecular weight is 341 g/mol. The van der Waals surface area contributed by atoms with Crippen molar-refractivity contribution in [3.63, 3.8) is 0 Å². The monoisotopic (exact) mass is 341 g/mol.